The van der Waals surface area contributed by atoms with Gasteiger partial charge in [-0.15, -0.1) is 0 Å². The van der Waals surface area contributed by atoms with Crippen LogP contribution in [0.15, 0.2) is 24.3 Å². The fraction of sp³-hybridized carbons (Fsp3) is 0.588. The summed E-state index contributed by atoms with van der Waals surface area (Å²) in [5.74, 6) is 0.125. The van der Waals surface area contributed by atoms with Crippen LogP contribution in [0.25, 0.3) is 0 Å². The van der Waals surface area contributed by atoms with Gasteiger partial charge in [-0.2, -0.15) is 0 Å². The summed E-state index contributed by atoms with van der Waals surface area (Å²) >= 11 is 0. The molecule has 0 aliphatic rings. The third-order valence-electron chi connectivity index (χ3n) is 3.21. The van der Waals surface area contributed by atoms with Crippen molar-refractivity contribution in [2.24, 2.45) is 0 Å². The highest BCUT2D eigenvalue weighted by molar-refractivity contribution is 5.75. The number of amides is 1. The summed E-state index contributed by atoms with van der Waals surface area (Å²) in [4.78, 5) is 14.0. The first-order chi connectivity index (χ1) is 9.99. The van der Waals surface area contributed by atoms with Gasteiger partial charge in [-0.05, 0) is 38.2 Å². The largest absolute Gasteiger partial charge is 0.352 e. The normalized spacial score (nSPS) is 11.1. The predicted molar refractivity (Wildman–Crippen MR) is 88.1 cm³/mol. The van der Waals surface area contributed by atoms with E-state index in [1.165, 1.54) is 11.1 Å². The molecular weight excluding hydrogens is 262 g/mol. The van der Waals surface area contributed by atoms with Gasteiger partial charge in [0.25, 0.3) is 0 Å². The number of carbonyl (C=O) groups is 1. The van der Waals surface area contributed by atoms with E-state index in [2.05, 4.69) is 55.6 Å². The average molecular weight is 291 g/mol. The SMILES string of the molecule is CC(C)NCCCC(=O)NCc1ccccc1CN(C)C. The molecule has 0 unspecified atom stereocenters. The van der Waals surface area contributed by atoms with Crippen molar-refractivity contribution in [3.63, 3.8) is 0 Å². The zero-order valence-electron chi connectivity index (χ0n) is 13.8. The van der Waals surface area contributed by atoms with E-state index in [1.54, 1.807) is 0 Å². The van der Waals surface area contributed by atoms with Crippen molar-refractivity contribution in [3.8, 4) is 0 Å². The molecule has 1 aromatic rings. The number of carbonyl (C=O) groups excluding carboxylic acids is 1. The number of hydrogen-bond donors (Lipinski definition) is 2. The minimum absolute atomic E-state index is 0.125. The molecular formula is C17H29N3O. The van der Waals surface area contributed by atoms with Crippen LogP contribution in [-0.2, 0) is 17.9 Å². The summed E-state index contributed by atoms with van der Waals surface area (Å²) in [6.07, 6.45) is 1.46. The first kappa shape index (κ1) is 17.7. The Morgan fingerprint density at radius 3 is 2.48 bits per heavy atom. The Labute approximate surface area is 128 Å². The number of nitrogens with one attached hydrogen (secondary N) is 2. The molecule has 0 heterocycles. The fourth-order valence-electron chi connectivity index (χ4n) is 2.15. The molecule has 0 aromatic heterocycles. The Hall–Kier alpha value is -1.39. The summed E-state index contributed by atoms with van der Waals surface area (Å²) in [5, 5.41) is 6.34. The average Bonchev–Trinajstić information content (AvgIpc) is 2.42. The lowest BCUT2D eigenvalue weighted by molar-refractivity contribution is -0.121. The third kappa shape index (κ3) is 7.83. The highest BCUT2D eigenvalue weighted by Gasteiger charge is 2.05. The Balaban J connectivity index is 2.35. The molecule has 118 valence electrons. The van der Waals surface area contributed by atoms with Crippen LogP contribution in [0.5, 0.6) is 0 Å². The van der Waals surface area contributed by atoms with E-state index in [1.807, 2.05) is 12.1 Å². The first-order valence-corrected chi connectivity index (χ1v) is 7.70. The van der Waals surface area contributed by atoms with Crippen LogP contribution < -0.4 is 10.6 Å². The summed E-state index contributed by atoms with van der Waals surface area (Å²) < 4.78 is 0. The minimum atomic E-state index is 0.125. The van der Waals surface area contributed by atoms with Crippen LogP contribution >= 0.6 is 0 Å². The highest BCUT2D eigenvalue weighted by Crippen LogP contribution is 2.10. The number of rotatable bonds is 9. The molecule has 1 aromatic carbocycles. The number of nitrogens with zero attached hydrogens (tertiary/aromatic N) is 1. The van der Waals surface area contributed by atoms with Gasteiger partial charge in [0.1, 0.15) is 0 Å². The van der Waals surface area contributed by atoms with Gasteiger partial charge in [-0.25, -0.2) is 0 Å². The first-order valence-electron chi connectivity index (χ1n) is 7.70. The zero-order valence-corrected chi connectivity index (χ0v) is 13.8. The maximum atomic E-state index is 11.8. The Morgan fingerprint density at radius 1 is 1.19 bits per heavy atom. The number of benzene rings is 1. The second-order valence-corrected chi connectivity index (χ2v) is 6.00. The molecule has 0 radical (unpaired) electrons. The summed E-state index contributed by atoms with van der Waals surface area (Å²) in [5.41, 5.74) is 2.46. The van der Waals surface area contributed by atoms with Crippen LogP contribution in [0.2, 0.25) is 0 Å². The maximum Gasteiger partial charge on any atom is 0.220 e. The van der Waals surface area contributed by atoms with Crippen LogP contribution in [0.1, 0.15) is 37.8 Å². The van der Waals surface area contributed by atoms with Crippen LogP contribution in [0.3, 0.4) is 0 Å². The second-order valence-electron chi connectivity index (χ2n) is 6.00. The molecule has 1 rings (SSSR count). The molecule has 0 saturated heterocycles. The van der Waals surface area contributed by atoms with E-state index in [4.69, 9.17) is 0 Å². The third-order valence-corrected chi connectivity index (χ3v) is 3.21. The lowest BCUT2D eigenvalue weighted by atomic mass is 10.1. The summed E-state index contributed by atoms with van der Waals surface area (Å²) in [6.45, 7) is 6.62. The Kier molecular flexibility index (Phi) is 8.01. The maximum absolute atomic E-state index is 11.8. The van der Waals surface area contributed by atoms with Crippen LogP contribution in [0, 0.1) is 0 Å². The molecule has 0 atom stereocenters. The summed E-state index contributed by atoms with van der Waals surface area (Å²) in [7, 11) is 4.11. The van der Waals surface area contributed by atoms with Gasteiger partial charge in [0, 0.05) is 25.6 Å². The fourth-order valence-corrected chi connectivity index (χ4v) is 2.15. The highest BCUT2D eigenvalue weighted by atomic mass is 16.1. The number of hydrogen-bond acceptors (Lipinski definition) is 3. The standard InChI is InChI=1S/C17H29N3O/c1-14(2)18-11-7-10-17(21)19-12-15-8-5-6-9-16(15)13-20(3)4/h5-6,8-9,14,18H,7,10-13H2,1-4H3,(H,19,21). The van der Waals surface area contributed by atoms with Gasteiger partial charge >= 0.3 is 0 Å². The van der Waals surface area contributed by atoms with Gasteiger partial charge in [-0.3, -0.25) is 4.79 Å². The van der Waals surface area contributed by atoms with E-state index in [9.17, 15) is 4.79 Å². The molecule has 4 heteroatoms. The van der Waals surface area contributed by atoms with Crippen LogP contribution in [-0.4, -0.2) is 37.5 Å². The minimum Gasteiger partial charge on any atom is -0.352 e. The van der Waals surface area contributed by atoms with Gasteiger partial charge in [0.15, 0.2) is 0 Å². The van der Waals surface area contributed by atoms with Crippen molar-refractivity contribution >= 4 is 5.91 Å². The zero-order chi connectivity index (χ0) is 15.7. The molecule has 0 bridgehead atoms. The van der Waals surface area contributed by atoms with Gasteiger partial charge < -0.3 is 15.5 Å². The monoisotopic (exact) mass is 291 g/mol. The van der Waals surface area contributed by atoms with Crippen molar-refractivity contribution in [2.45, 2.75) is 45.8 Å². The molecule has 21 heavy (non-hydrogen) atoms. The van der Waals surface area contributed by atoms with Crippen molar-refractivity contribution in [1.82, 2.24) is 15.5 Å². The van der Waals surface area contributed by atoms with E-state index < -0.39 is 0 Å². The van der Waals surface area contributed by atoms with E-state index in [0.29, 0.717) is 19.0 Å². The van der Waals surface area contributed by atoms with Crippen molar-refractivity contribution in [2.75, 3.05) is 20.6 Å². The Bertz CT molecular complexity index is 430. The molecule has 0 fully saturated rings. The quantitative estimate of drug-likeness (QED) is 0.685. The lowest BCUT2D eigenvalue weighted by Crippen LogP contribution is -2.27. The molecule has 0 aliphatic heterocycles. The van der Waals surface area contributed by atoms with Crippen molar-refractivity contribution in [1.29, 1.82) is 0 Å². The van der Waals surface area contributed by atoms with Crippen molar-refractivity contribution < 1.29 is 4.79 Å². The van der Waals surface area contributed by atoms with Gasteiger partial charge in [0.2, 0.25) is 5.91 Å². The molecule has 1 amide bonds. The molecule has 0 aliphatic carbocycles. The molecule has 0 spiro atoms. The Morgan fingerprint density at radius 2 is 1.86 bits per heavy atom. The molecule has 2 N–H and O–H groups in total. The lowest BCUT2D eigenvalue weighted by Gasteiger charge is -2.14. The topological polar surface area (TPSA) is 44.4 Å². The van der Waals surface area contributed by atoms with E-state index in [0.717, 1.165) is 19.5 Å². The van der Waals surface area contributed by atoms with Crippen LogP contribution in [0.4, 0.5) is 0 Å². The summed E-state index contributed by atoms with van der Waals surface area (Å²) in [6, 6.07) is 8.74. The van der Waals surface area contributed by atoms with Gasteiger partial charge in [-0.1, -0.05) is 38.1 Å². The smallest absolute Gasteiger partial charge is 0.220 e. The van der Waals surface area contributed by atoms with Gasteiger partial charge in [0.05, 0.1) is 0 Å². The van der Waals surface area contributed by atoms with Crippen molar-refractivity contribution in [3.05, 3.63) is 35.4 Å². The molecule has 4 nitrogen and oxygen atoms in total. The van der Waals surface area contributed by atoms with E-state index in [-0.39, 0.29) is 5.91 Å². The second kappa shape index (κ2) is 9.53. The predicted octanol–water partition coefficient (Wildman–Crippen LogP) is 2.14. The van der Waals surface area contributed by atoms with E-state index >= 15 is 0 Å². The molecule has 0 saturated carbocycles.